The van der Waals surface area contributed by atoms with Crippen LogP contribution in [0.15, 0.2) is 83.5 Å². The molecule has 2 heterocycles. The third kappa shape index (κ3) is 4.60. The summed E-state index contributed by atoms with van der Waals surface area (Å²) in [7, 11) is 0. The molecule has 0 fully saturated rings. The number of nitrogens with one attached hydrogen (secondary N) is 1. The molecule has 0 amide bonds. The van der Waals surface area contributed by atoms with Crippen LogP contribution in [0.4, 0.5) is 15.9 Å². The molecule has 5 aromatic rings. The zero-order chi connectivity index (χ0) is 25.3. The van der Waals surface area contributed by atoms with Crippen molar-refractivity contribution in [1.82, 2.24) is 9.97 Å². The number of hydrogen-bond donors (Lipinski definition) is 1. The minimum atomic E-state index is -2.30. The summed E-state index contributed by atoms with van der Waals surface area (Å²) in [6.07, 6.45) is 2.07. The van der Waals surface area contributed by atoms with Crippen molar-refractivity contribution in [2.45, 2.75) is 6.56 Å². The van der Waals surface area contributed by atoms with Crippen LogP contribution in [-0.4, -0.2) is 16.3 Å². The first kappa shape index (κ1) is 19.3. The van der Waals surface area contributed by atoms with E-state index < -0.39 is 12.4 Å². The number of aromatic nitrogens is 2. The lowest BCUT2D eigenvalue weighted by Gasteiger charge is -2.12. The number of ether oxygens (including phenoxy) is 1. The summed E-state index contributed by atoms with van der Waals surface area (Å²) < 4.78 is 40.9. The molecule has 8 heteroatoms. The average molecular weight is 476 g/mol. The second-order valence-electron chi connectivity index (χ2n) is 7.26. The van der Waals surface area contributed by atoms with E-state index in [-0.39, 0.29) is 22.1 Å². The Labute approximate surface area is 201 Å². The summed E-state index contributed by atoms with van der Waals surface area (Å²) in [6, 6.07) is 18.7. The van der Waals surface area contributed by atoms with Gasteiger partial charge in [0.1, 0.15) is 36.0 Å². The molecule has 5 rings (SSSR count). The van der Waals surface area contributed by atoms with E-state index in [1.54, 1.807) is 24.3 Å². The third-order valence-electron chi connectivity index (χ3n) is 4.96. The number of anilines is 2. The molecular weight excluding hydrogens is 457 g/mol. The highest BCUT2D eigenvalue weighted by Crippen LogP contribution is 2.32. The highest BCUT2D eigenvalue weighted by atomic mass is 35.5. The van der Waals surface area contributed by atoms with Gasteiger partial charge in [-0.25, -0.2) is 14.4 Å². The third-order valence-corrected chi connectivity index (χ3v) is 5.26. The van der Waals surface area contributed by atoms with Crippen molar-refractivity contribution in [3.05, 3.63) is 101 Å². The van der Waals surface area contributed by atoms with E-state index in [1.165, 1.54) is 30.6 Å². The largest absolute Gasteiger partial charge is 0.487 e. The number of halogens is 2. The van der Waals surface area contributed by atoms with Gasteiger partial charge in [0.05, 0.1) is 13.3 Å². The standard InChI is InChI=1S/C26H17ClFN3O3/c27-22-12-19(5-8-25(22)33-14-16-2-1-3-18(28)10-16)31-26-21-11-17(4-7-23(21)29-15-30-26)24-9-6-20(13-32)34-24/h1-13,15H,14H2,(H,29,30,31)/i14D2. The van der Waals surface area contributed by atoms with Crippen molar-refractivity contribution in [1.29, 1.82) is 0 Å². The van der Waals surface area contributed by atoms with Crippen LogP contribution in [0.2, 0.25) is 5.02 Å². The van der Waals surface area contributed by atoms with E-state index in [2.05, 4.69) is 15.3 Å². The van der Waals surface area contributed by atoms with Gasteiger partial charge in [-0.05, 0) is 66.2 Å². The predicted molar refractivity (Wildman–Crippen MR) is 128 cm³/mol. The first-order valence-corrected chi connectivity index (χ1v) is 10.5. The van der Waals surface area contributed by atoms with Gasteiger partial charge in [0, 0.05) is 16.6 Å². The molecule has 3 aromatic carbocycles. The zero-order valence-electron chi connectivity index (χ0n) is 19.5. The Hall–Kier alpha value is -4.23. The first-order chi connectivity index (χ1) is 17.3. The Kier molecular flexibility index (Phi) is 5.28. The topological polar surface area (TPSA) is 77.2 Å². The van der Waals surface area contributed by atoms with E-state index in [0.717, 1.165) is 11.6 Å². The summed E-state index contributed by atoms with van der Waals surface area (Å²) in [5.74, 6) is 0.790. The molecule has 6 nitrogen and oxygen atoms in total. The molecule has 0 saturated heterocycles. The Morgan fingerprint density at radius 3 is 2.79 bits per heavy atom. The van der Waals surface area contributed by atoms with Gasteiger partial charge < -0.3 is 14.5 Å². The van der Waals surface area contributed by atoms with Gasteiger partial charge in [-0.2, -0.15) is 0 Å². The van der Waals surface area contributed by atoms with Gasteiger partial charge in [-0.3, -0.25) is 4.79 Å². The number of carbonyl (C=O) groups is 1. The number of carbonyl (C=O) groups excluding carboxylic acids is 1. The zero-order valence-corrected chi connectivity index (χ0v) is 18.2. The molecule has 0 aliphatic rings. The monoisotopic (exact) mass is 475 g/mol. The van der Waals surface area contributed by atoms with Crippen LogP contribution in [0.3, 0.4) is 0 Å². The normalized spacial score (nSPS) is 12.2. The number of hydrogen-bond acceptors (Lipinski definition) is 6. The van der Waals surface area contributed by atoms with E-state index in [1.807, 2.05) is 18.2 Å². The molecule has 0 unspecified atom stereocenters. The van der Waals surface area contributed by atoms with Crippen LogP contribution in [-0.2, 0) is 6.56 Å². The smallest absolute Gasteiger partial charge is 0.185 e. The maximum atomic E-state index is 13.5. The van der Waals surface area contributed by atoms with Crippen molar-refractivity contribution < 1.29 is 21.1 Å². The summed E-state index contributed by atoms with van der Waals surface area (Å²) in [5.41, 5.74) is 2.04. The van der Waals surface area contributed by atoms with E-state index in [0.29, 0.717) is 34.5 Å². The molecule has 34 heavy (non-hydrogen) atoms. The van der Waals surface area contributed by atoms with Crippen molar-refractivity contribution >= 4 is 40.3 Å². The van der Waals surface area contributed by atoms with Crippen LogP contribution >= 0.6 is 11.6 Å². The van der Waals surface area contributed by atoms with Crippen LogP contribution < -0.4 is 10.1 Å². The van der Waals surface area contributed by atoms with Gasteiger partial charge >= 0.3 is 0 Å². The Bertz CT molecular complexity index is 1590. The fraction of sp³-hybridized carbons (Fsp3) is 0.0385. The SMILES string of the molecule is [2H]C([2H])(Oc1ccc(Nc2ncnc3ccc(-c4ccc(C=O)o4)cc23)cc1Cl)c1cccc(F)c1. The molecule has 0 bridgehead atoms. The van der Waals surface area contributed by atoms with Crippen LogP contribution in [0.25, 0.3) is 22.2 Å². The summed E-state index contributed by atoms with van der Waals surface area (Å²) >= 11 is 6.38. The Morgan fingerprint density at radius 2 is 2.00 bits per heavy atom. The van der Waals surface area contributed by atoms with Crippen molar-refractivity contribution in [3.8, 4) is 17.1 Å². The summed E-state index contributed by atoms with van der Waals surface area (Å²) in [5, 5.41) is 4.05. The van der Waals surface area contributed by atoms with E-state index >= 15 is 0 Å². The van der Waals surface area contributed by atoms with Crippen molar-refractivity contribution in [2.75, 3.05) is 5.32 Å². The lowest BCUT2D eigenvalue weighted by molar-refractivity contribution is 0.110. The van der Waals surface area contributed by atoms with Crippen LogP contribution in [0, 0.1) is 5.82 Å². The molecule has 0 saturated carbocycles. The molecule has 0 radical (unpaired) electrons. The van der Waals surface area contributed by atoms with E-state index in [4.69, 9.17) is 23.5 Å². The Morgan fingerprint density at radius 1 is 1.09 bits per heavy atom. The molecule has 2 aromatic heterocycles. The quantitative estimate of drug-likeness (QED) is 0.260. The van der Waals surface area contributed by atoms with Gasteiger partial charge in [-0.1, -0.05) is 23.7 Å². The predicted octanol–water partition coefficient (Wildman–Crippen LogP) is 6.82. The number of rotatable bonds is 7. The second kappa shape index (κ2) is 9.33. The van der Waals surface area contributed by atoms with Crippen LogP contribution in [0.5, 0.6) is 5.75 Å². The molecule has 0 aliphatic heterocycles. The van der Waals surface area contributed by atoms with Crippen molar-refractivity contribution in [2.24, 2.45) is 0 Å². The second-order valence-corrected chi connectivity index (χ2v) is 7.67. The van der Waals surface area contributed by atoms with Crippen molar-refractivity contribution in [3.63, 3.8) is 0 Å². The number of aldehydes is 1. The van der Waals surface area contributed by atoms with Gasteiger partial charge in [0.15, 0.2) is 12.0 Å². The maximum absolute atomic E-state index is 13.5. The highest BCUT2D eigenvalue weighted by molar-refractivity contribution is 6.32. The minimum Gasteiger partial charge on any atom is -0.487 e. The molecular formula is C26H17ClFN3O3. The molecule has 0 atom stereocenters. The minimum absolute atomic E-state index is 0.0286. The molecule has 0 spiro atoms. The van der Waals surface area contributed by atoms with Crippen LogP contribution in [0.1, 0.15) is 18.9 Å². The fourth-order valence-electron chi connectivity index (χ4n) is 3.34. The molecule has 0 aliphatic carbocycles. The lowest BCUT2D eigenvalue weighted by Crippen LogP contribution is -1.98. The molecule has 1 N–H and O–H groups in total. The molecule has 168 valence electrons. The fourth-order valence-corrected chi connectivity index (χ4v) is 3.56. The first-order valence-electron chi connectivity index (χ1n) is 11.1. The lowest BCUT2D eigenvalue weighted by atomic mass is 10.1. The Balaban J connectivity index is 1.42. The van der Waals surface area contributed by atoms with E-state index in [9.17, 15) is 9.18 Å². The average Bonchev–Trinajstić information content (AvgIpc) is 3.35. The summed E-state index contributed by atoms with van der Waals surface area (Å²) in [6.45, 7) is -2.30. The van der Waals surface area contributed by atoms with Gasteiger partial charge in [0.2, 0.25) is 0 Å². The number of fused-ring (bicyclic) bond motifs is 1. The van der Waals surface area contributed by atoms with Gasteiger partial charge in [-0.15, -0.1) is 0 Å². The number of furan rings is 1. The highest BCUT2D eigenvalue weighted by Gasteiger charge is 2.11. The van der Waals surface area contributed by atoms with Gasteiger partial charge in [0.25, 0.3) is 0 Å². The number of nitrogens with zero attached hydrogens (tertiary/aromatic N) is 2. The summed E-state index contributed by atoms with van der Waals surface area (Å²) in [4.78, 5) is 19.6. The maximum Gasteiger partial charge on any atom is 0.185 e. The number of benzene rings is 3.